The summed E-state index contributed by atoms with van der Waals surface area (Å²) in [6.45, 7) is 11.9. The lowest BCUT2D eigenvalue weighted by molar-refractivity contribution is 0.377. The van der Waals surface area contributed by atoms with Gasteiger partial charge in [-0.1, -0.05) is 20.8 Å². The van der Waals surface area contributed by atoms with E-state index in [1.807, 2.05) is 6.07 Å². The fourth-order valence-corrected chi connectivity index (χ4v) is 1.45. The minimum Gasteiger partial charge on any atom is -0.397 e. The lowest BCUT2D eigenvalue weighted by Crippen LogP contribution is -2.22. The maximum absolute atomic E-state index is 6.00. The zero-order chi connectivity index (χ0) is 12.3. The summed E-state index contributed by atoms with van der Waals surface area (Å²) in [6.07, 6.45) is 1.16. The number of hydrogen-bond donors (Lipinski definition) is 2. The first-order chi connectivity index (χ1) is 7.35. The van der Waals surface area contributed by atoms with Crippen LogP contribution in [0.3, 0.4) is 0 Å². The summed E-state index contributed by atoms with van der Waals surface area (Å²) in [4.78, 5) is 0. The van der Waals surface area contributed by atoms with E-state index in [0.717, 1.165) is 24.3 Å². The van der Waals surface area contributed by atoms with Gasteiger partial charge in [-0.2, -0.15) is 0 Å². The highest BCUT2D eigenvalue weighted by molar-refractivity contribution is 5.68. The smallest absolute Gasteiger partial charge is 0.0576 e. The molecular formula is C14H24N2. The van der Waals surface area contributed by atoms with Crippen molar-refractivity contribution in [3.05, 3.63) is 23.3 Å². The zero-order valence-corrected chi connectivity index (χ0v) is 11.1. The van der Waals surface area contributed by atoms with Crippen LogP contribution in [0, 0.1) is 19.3 Å². The van der Waals surface area contributed by atoms with E-state index in [0.29, 0.717) is 5.41 Å². The van der Waals surface area contributed by atoms with Crippen molar-refractivity contribution in [3.63, 3.8) is 0 Å². The topological polar surface area (TPSA) is 38.0 Å². The first-order valence-electron chi connectivity index (χ1n) is 5.96. The molecule has 0 saturated carbocycles. The summed E-state index contributed by atoms with van der Waals surface area (Å²) >= 11 is 0. The van der Waals surface area contributed by atoms with E-state index in [1.165, 1.54) is 11.1 Å². The largest absolute Gasteiger partial charge is 0.397 e. The standard InChI is InChI=1S/C14H24N2/c1-6-14(4,5)9-16-13-8-11(3)10(2)7-12(13)15/h7-8,16H,6,9,15H2,1-5H3. The summed E-state index contributed by atoms with van der Waals surface area (Å²) < 4.78 is 0. The lowest BCUT2D eigenvalue weighted by atomic mass is 9.90. The first kappa shape index (κ1) is 12.9. The summed E-state index contributed by atoms with van der Waals surface area (Å²) in [5.41, 5.74) is 10.7. The fourth-order valence-electron chi connectivity index (χ4n) is 1.45. The number of benzene rings is 1. The van der Waals surface area contributed by atoms with E-state index in [-0.39, 0.29) is 0 Å². The molecule has 0 aliphatic carbocycles. The highest BCUT2D eigenvalue weighted by atomic mass is 14.9. The Labute approximate surface area is 99.2 Å². The van der Waals surface area contributed by atoms with Gasteiger partial charge in [0.05, 0.1) is 11.4 Å². The second-order valence-corrected chi connectivity index (χ2v) is 5.40. The van der Waals surface area contributed by atoms with Crippen LogP contribution in [-0.4, -0.2) is 6.54 Å². The minimum atomic E-state index is 0.311. The monoisotopic (exact) mass is 220 g/mol. The van der Waals surface area contributed by atoms with Gasteiger partial charge in [0, 0.05) is 6.54 Å². The van der Waals surface area contributed by atoms with Gasteiger partial charge in [-0.3, -0.25) is 0 Å². The van der Waals surface area contributed by atoms with Crippen molar-refractivity contribution in [2.75, 3.05) is 17.6 Å². The van der Waals surface area contributed by atoms with Gasteiger partial charge < -0.3 is 11.1 Å². The Kier molecular flexibility index (Phi) is 3.84. The molecule has 1 aromatic carbocycles. The molecule has 0 aliphatic heterocycles. The van der Waals surface area contributed by atoms with Gasteiger partial charge in [0.15, 0.2) is 0 Å². The van der Waals surface area contributed by atoms with Crippen LogP contribution in [0.1, 0.15) is 38.3 Å². The average molecular weight is 220 g/mol. The summed E-state index contributed by atoms with van der Waals surface area (Å²) in [5, 5.41) is 3.45. The molecule has 0 unspecified atom stereocenters. The maximum atomic E-state index is 6.00. The second kappa shape index (κ2) is 4.77. The molecule has 0 aromatic heterocycles. The van der Waals surface area contributed by atoms with E-state index in [4.69, 9.17) is 5.73 Å². The third kappa shape index (κ3) is 3.16. The van der Waals surface area contributed by atoms with Crippen LogP contribution in [0.5, 0.6) is 0 Å². The molecule has 2 nitrogen and oxygen atoms in total. The number of hydrogen-bond acceptors (Lipinski definition) is 2. The maximum Gasteiger partial charge on any atom is 0.0576 e. The lowest BCUT2D eigenvalue weighted by Gasteiger charge is -2.24. The van der Waals surface area contributed by atoms with Crippen molar-refractivity contribution < 1.29 is 0 Å². The van der Waals surface area contributed by atoms with Gasteiger partial charge in [-0.25, -0.2) is 0 Å². The summed E-state index contributed by atoms with van der Waals surface area (Å²) in [5.74, 6) is 0. The van der Waals surface area contributed by atoms with E-state index in [9.17, 15) is 0 Å². The molecule has 0 bridgehead atoms. The van der Waals surface area contributed by atoms with Crippen molar-refractivity contribution in [3.8, 4) is 0 Å². The van der Waals surface area contributed by atoms with Crippen molar-refractivity contribution in [2.45, 2.75) is 41.0 Å². The fraction of sp³-hybridized carbons (Fsp3) is 0.571. The van der Waals surface area contributed by atoms with E-state index in [2.05, 4.69) is 46.0 Å². The van der Waals surface area contributed by atoms with Crippen LogP contribution in [0.2, 0.25) is 0 Å². The molecule has 2 heteroatoms. The first-order valence-corrected chi connectivity index (χ1v) is 5.96. The van der Waals surface area contributed by atoms with Crippen LogP contribution in [0.4, 0.5) is 11.4 Å². The Morgan fingerprint density at radius 2 is 1.75 bits per heavy atom. The molecule has 16 heavy (non-hydrogen) atoms. The predicted molar refractivity (Wildman–Crippen MR) is 72.9 cm³/mol. The normalized spacial score (nSPS) is 11.6. The summed E-state index contributed by atoms with van der Waals surface area (Å²) in [7, 11) is 0. The van der Waals surface area contributed by atoms with Crippen LogP contribution in [0.25, 0.3) is 0 Å². The van der Waals surface area contributed by atoms with Crippen LogP contribution in [-0.2, 0) is 0 Å². The summed E-state index contributed by atoms with van der Waals surface area (Å²) in [6, 6.07) is 4.17. The Morgan fingerprint density at radius 1 is 1.19 bits per heavy atom. The molecule has 0 atom stereocenters. The van der Waals surface area contributed by atoms with Crippen LogP contribution < -0.4 is 11.1 Å². The molecule has 3 N–H and O–H groups in total. The SMILES string of the molecule is CCC(C)(C)CNc1cc(C)c(C)cc1N. The zero-order valence-electron chi connectivity index (χ0n) is 11.1. The Balaban J connectivity index is 2.79. The minimum absolute atomic E-state index is 0.311. The van der Waals surface area contributed by atoms with Crippen LogP contribution >= 0.6 is 0 Å². The van der Waals surface area contributed by atoms with Gasteiger partial charge >= 0.3 is 0 Å². The van der Waals surface area contributed by atoms with Crippen LogP contribution in [0.15, 0.2) is 12.1 Å². The molecule has 0 amide bonds. The Hall–Kier alpha value is -1.18. The number of rotatable bonds is 4. The molecule has 0 aliphatic rings. The molecule has 0 spiro atoms. The molecule has 90 valence electrons. The average Bonchev–Trinajstić information content (AvgIpc) is 2.22. The quantitative estimate of drug-likeness (QED) is 0.759. The van der Waals surface area contributed by atoms with Crippen molar-refractivity contribution in [1.29, 1.82) is 0 Å². The Bertz CT molecular complexity index is 367. The number of aryl methyl sites for hydroxylation is 2. The Morgan fingerprint density at radius 3 is 2.31 bits per heavy atom. The van der Waals surface area contributed by atoms with Gasteiger partial charge in [0.1, 0.15) is 0 Å². The molecule has 0 radical (unpaired) electrons. The van der Waals surface area contributed by atoms with E-state index in [1.54, 1.807) is 0 Å². The highest BCUT2D eigenvalue weighted by Crippen LogP contribution is 2.26. The number of anilines is 2. The highest BCUT2D eigenvalue weighted by Gasteiger charge is 2.15. The molecule has 0 fully saturated rings. The van der Waals surface area contributed by atoms with Crippen molar-refractivity contribution >= 4 is 11.4 Å². The predicted octanol–water partition coefficient (Wildman–Crippen LogP) is 3.73. The molecule has 1 aromatic rings. The number of nitrogen functional groups attached to an aromatic ring is 1. The van der Waals surface area contributed by atoms with Crippen molar-refractivity contribution in [2.24, 2.45) is 5.41 Å². The third-order valence-corrected chi connectivity index (χ3v) is 3.38. The number of nitrogens with two attached hydrogens (primary N) is 1. The molecule has 0 heterocycles. The van der Waals surface area contributed by atoms with Gasteiger partial charge in [-0.15, -0.1) is 0 Å². The molecular weight excluding hydrogens is 196 g/mol. The number of nitrogens with one attached hydrogen (secondary N) is 1. The van der Waals surface area contributed by atoms with Gasteiger partial charge in [0.2, 0.25) is 0 Å². The van der Waals surface area contributed by atoms with E-state index >= 15 is 0 Å². The van der Waals surface area contributed by atoms with Gasteiger partial charge in [-0.05, 0) is 48.9 Å². The van der Waals surface area contributed by atoms with E-state index < -0.39 is 0 Å². The second-order valence-electron chi connectivity index (χ2n) is 5.40. The molecule has 0 saturated heterocycles. The van der Waals surface area contributed by atoms with Gasteiger partial charge in [0.25, 0.3) is 0 Å². The molecule has 1 rings (SSSR count). The third-order valence-electron chi connectivity index (χ3n) is 3.38. The van der Waals surface area contributed by atoms with Crippen molar-refractivity contribution in [1.82, 2.24) is 0 Å².